The number of pyridine rings is 2. The Morgan fingerprint density at radius 2 is 1.27 bits per heavy atom. The van der Waals surface area contributed by atoms with Crippen LogP contribution in [0.1, 0.15) is 84.5 Å². The first-order valence-corrected chi connectivity index (χ1v) is 9.93. The van der Waals surface area contributed by atoms with Gasteiger partial charge in [-0.25, -0.2) is 0 Å². The Hall–Kier alpha value is -1.70. The Labute approximate surface area is 160 Å². The molecule has 0 N–H and O–H groups in total. The molecule has 0 aromatic carbocycles. The summed E-state index contributed by atoms with van der Waals surface area (Å²) < 4.78 is 0. The van der Waals surface area contributed by atoms with E-state index in [2.05, 4.69) is 72.7 Å². The third-order valence-corrected chi connectivity index (χ3v) is 5.48. The summed E-state index contributed by atoms with van der Waals surface area (Å²) in [7, 11) is 0. The Bertz CT molecular complexity index is 654. The molecule has 0 radical (unpaired) electrons. The lowest BCUT2D eigenvalue weighted by Gasteiger charge is -2.40. The highest BCUT2D eigenvalue weighted by Gasteiger charge is 2.38. The summed E-state index contributed by atoms with van der Waals surface area (Å²) >= 11 is 0. The van der Waals surface area contributed by atoms with Gasteiger partial charge in [0.05, 0.1) is 0 Å². The van der Waals surface area contributed by atoms with Gasteiger partial charge in [-0.15, -0.1) is 0 Å². The third kappa shape index (κ3) is 5.40. The third-order valence-electron chi connectivity index (χ3n) is 5.48. The molecule has 2 aromatic rings. The maximum atomic E-state index is 4.76. The van der Waals surface area contributed by atoms with Crippen LogP contribution in [0.4, 0.5) is 0 Å². The van der Waals surface area contributed by atoms with Crippen molar-refractivity contribution in [2.45, 2.75) is 73.1 Å². The van der Waals surface area contributed by atoms with Gasteiger partial charge in [0.2, 0.25) is 0 Å². The zero-order chi connectivity index (χ0) is 19.4. The molecule has 0 bridgehead atoms. The second kappa shape index (κ2) is 8.33. The van der Waals surface area contributed by atoms with Crippen LogP contribution in [-0.4, -0.2) is 9.97 Å². The smallest absolute Gasteiger partial charge is 0.0440 e. The van der Waals surface area contributed by atoms with Crippen molar-refractivity contribution in [1.82, 2.24) is 9.97 Å². The Morgan fingerprint density at radius 3 is 1.65 bits per heavy atom. The summed E-state index contributed by atoms with van der Waals surface area (Å²) in [5.41, 5.74) is 2.74. The van der Waals surface area contributed by atoms with E-state index in [0.717, 1.165) is 6.42 Å². The molecule has 0 saturated carbocycles. The second-order valence-electron chi connectivity index (χ2n) is 9.80. The molecule has 2 aromatic heterocycles. The van der Waals surface area contributed by atoms with Gasteiger partial charge in [-0.05, 0) is 53.9 Å². The Kier molecular flexibility index (Phi) is 6.60. The fourth-order valence-corrected chi connectivity index (χ4v) is 4.35. The quantitative estimate of drug-likeness (QED) is 0.544. The van der Waals surface area contributed by atoms with Crippen LogP contribution < -0.4 is 0 Å². The second-order valence-corrected chi connectivity index (χ2v) is 9.80. The molecule has 26 heavy (non-hydrogen) atoms. The lowest BCUT2D eigenvalue weighted by Crippen LogP contribution is -2.30. The molecule has 142 valence electrons. The first-order chi connectivity index (χ1) is 12.1. The lowest BCUT2D eigenvalue weighted by molar-refractivity contribution is 0.178. The molecular weight excluding hydrogens is 316 g/mol. The molecule has 2 unspecified atom stereocenters. The van der Waals surface area contributed by atoms with Crippen LogP contribution in [0.2, 0.25) is 0 Å². The van der Waals surface area contributed by atoms with Gasteiger partial charge in [0, 0.05) is 35.6 Å². The fourth-order valence-electron chi connectivity index (χ4n) is 4.35. The maximum absolute atomic E-state index is 4.76. The van der Waals surface area contributed by atoms with E-state index < -0.39 is 0 Å². The summed E-state index contributed by atoms with van der Waals surface area (Å²) in [5.74, 6) is 1.46. The van der Waals surface area contributed by atoms with Gasteiger partial charge in [0.25, 0.3) is 0 Å². The van der Waals surface area contributed by atoms with Gasteiger partial charge < -0.3 is 0 Å². The van der Waals surface area contributed by atoms with Crippen molar-refractivity contribution in [3.05, 3.63) is 60.2 Å². The molecule has 0 aliphatic rings. The predicted molar refractivity (Wildman–Crippen MR) is 111 cm³/mol. The van der Waals surface area contributed by atoms with Gasteiger partial charge in [-0.1, -0.05) is 60.6 Å². The van der Waals surface area contributed by atoms with E-state index in [1.807, 2.05) is 24.5 Å². The largest absolute Gasteiger partial charge is 0.261 e. The van der Waals surface area contributed by atoms with Crippen molar-refractivity contribution in [2.75, 3.05) is 0 Å². The van der Waals surface area contributed by atoms with Crippen LogP contribution in [0, 0.1) is 16.7 Å². The normalized spacial score (nSPS) is 15.1. The highest BCUT2D eigenvalue weighted by molar-refractivity contribution is 5.18. The summed E-state index contributed by atoms with van der Waals surface area (Å²) in [5, 5.41) is 0. The van der Waals surface area contributed by atoms with Crippen LogP contribution in [0.5, 0.6) is 0 Å². The molecule has 0 spiro atoms. The minimum atomic E-state index is 0.148. The molecular formula is C24H36N2. The molecule has 2 atom stereocenters. The van der Waals surface area contributed by atoms with Crippen LogP contribution in [-0.2, 0) is 0 Å². The Balaban J connectivity index is 2.44. The van der Waals surface area contributed by atoms with Crippen LogP contribution in [0.3, 0.4) is 0 Å². The molecule has 0 fully saturated rings. The molecule has 0 amide bonds. The van der Waals surface area contributed by atoms with Crippen molar-refractivity contribution in [2.24, 2.45) is 16.7 Å². The average Bonchev–Trinajstić information content (AvgIpc) is 2.54. The zero-order valence-electron chi connectivity index (χ0n) is 17.7. The van der Waals surface area contributed by atoms with E-state index in [9.17, 15) is 0 Å². The highest BCUT2D eigenvalue weighted by atomic mass is 14.7. The Morgan fingerprint density at radius 1 is 0.769 bits per heavy atom. The first kappa shape index (κ1) is 20.6. The van der Waals surface area contributed by atoms with Crippen LogP contribution >= 0.6 is 0 Å². The molecule has 2 nitrogen and oxygen atoms in total. The van der Waals surface area contributed by atoms with Crippen molar-refractivity contribution >= 4 is 0 Å². The zero-order valence-corrected chi connectivity index (χ0v) is 17.7. The topological polar surface area (TPSA) is 25.8 Å². The summed E-state index contributed by atoms with van der Waals surface area (Å²) in [4.78, 5) is 9.48. The van der Waals surface area contributed by atoms with Gasteiger partial charge in [0.15, 0.2) is 0 Å². The number of hydrogen-bond acceptors (Lipinski definition) is 2. The standard InChI is InChI=1S/C24H36N2/c1-18(2)17-24(6,7)20(22-13-9-11-15-26-22)16-19(23(3,4)5)21-12-8-10-14-25-21/h8-15,18-20H,16-17H2,1-7H3. The maximum Gasteiger partial charge on any atom is 0.0440 e. The molecule has 0 aliphatic carbocycles. The van der Waals surface area contributed by atoms with Crippen molar-refractivity contribution in [3.63, 3.8) is 0 Å². The fraction of sp³-hybridized carbons (Fsp3) is 0.583. The van der Waals surface area contributed by atoms with E-state index >= 15 is 0 Å². The molecule has 0 aliphatic heterocycles. The van der Waals surface area contributed by atoms with Crippen molar-refractivity contribution < 1.29 is 0 Å². The summed E-state index contributed by atoms with van der Waals surface area (Å²) in [6.07, 6.45) is 6.11. The minimum absolute atomic E-state index is 0.148. The van der Waals surface area contributed by atoms with Gasteiger partial charge in [0.1, 0.15) is 0 Å². The van der Waals surface area contributed by atoms with E-state index in [-0.39, 0.29) is 10.8 Å². The average molecular weight is 353 g/mol. The van der Waals surface area contributed by atoms with E-state index in [1.165, 1.54) is 17.8 Å². The molecule has 0 saturated heterocycles. The van der Waals surface area contributed by atoms with Crippen LogP contribution in [0.25, 0.3) is 0 Å². The van der Waals surface area contributed by atoms with Crippen molar-refractivity contribution in [3.8, 4) is 0 Å². The van der Waals surface area contributed by atoms with E-state index in [4.69, 9.17) is 9.97 Å². The lowest BCUT2D eigenvalue weighted by atomic mass is 9.64. The first-order valence-electron chi connectivity index (χ1n) is 9.93. The van der Waals surface area contributed by atoms with Crippen LogP contribution in [0.15, 0.2) is 48.8 Å². The molecule has 2 heteroatoms. The highest BCUT2D eigenvalue weighted by Crippen LogP contribution is 2.49. The monoisotopic (exact) mass is 352 g/mol. The number of nitrogens with zero attached hydrogens (tertiary/aromatic N) is 2. The van der Waals surface area contributed by atoms with Gasteiger partial charge >= 0.3 is 0 Å². The number of aromatic nitrogens is 2. The van der Waals surface area contributed by atoms with E-state index in [1.54, 1.807) is 0 Å². The molecule has 2 rings (SSSR count). The number of rotatable bonds is 7. The minimum Gasteiger partial charge on any atom is -0.261 e. The van der Waals surface area contributed by atoms with Gasteiger partial charge in [-0.2, -0.15) is 0 Å². The predicted octanol–water partition coefficient (Wildman–Crippen LogP) is 6.85. The SMILES string of the molecule is CC(C)CC(C)(C)C(CC(c1ccccn1)C(C)(C)C)c1ccccn1. The summed E-state index contributed by atoms with van der Waals surface area (Å²) in [6.45, 7) is 16.4. The van der Waals surface area contributed by atoms with Crippen molar-refractivity contribution in [1.29, 1.82) is 0 Å². The molecule has 2 heterocycles. The summed E-state index contributed by atoms with van der Waals surface area (Å²) in [6, 6.07) is 12.6. The number of hydrogen-bond donors (Lipinski definition) is 0. The van der Waals surface area contributed by atoms with E-state index in [0.29, 0.717) is 17.8 Å². The van der Waals surface area contributed by atoms with Gasteiger partial charge in [-0.3, -0.25) is 9.97 Å².